The first kappa shape index (κ1) is 44.0. The largest absolute Gasteiger partial charge is 0.394 e. The van der Waals surface area contributed by atoms with E-state index in [4.69, 9.17) is 9.47 Å². The van der Waals surface area contributed by atoms with Crippen LogP contribution in [0, 0.1) is 0 Å². The predicted octanol–water partition coefficient (Wildman–Crippen LogP) is 6.61. The van der Waals surface area contributed by atoms with Crippen molar-refractivity contribution in [2.24, 2.45) is 0 Å². The van der Waals surface area contributed by atoms with Crippen LogP contribution in [0.2, 0.25) is 0 Å². The Bertz CT molecular complexity index is 751. The van der Waals surface area contributed by atoms with Gasteiger partial charge in [-0.2, -0.15) is 0 Å². The average molecular weight is 672 g/mol. The Balaban J connectivity index is 2.42. The Hall–Kier alpha value is -1.07. The van der Waals surface area contributed by atoms with E-state index in [0.717, 1.165) is 38.5 Å². The summed E-state index contributed by atoms with van der Waals surface area (Å²) in [6.07, 6.45) is 24.1. The molecule has 0 bridgehead atoms. The van der Waals surface area contributed by atoms with Crippen molar-refractivity contribution in [2.75, 3.05) is 13.2 Å². The molecule has 1 fully saturated rings. The standard InChI is InChI=1S/C38H73NO8/c1-3-5-7-9-11-13-14-15-16-17-18-19-20-21-23-25-27-32(41)31(39-34(42)28-26-24-22-12-10-8-6-4-2)30-46-38-37(45)36(44)35(43)33(29-40)47-38/h25,27,31-33,35-38,40-41,43-45H,3-24,26,28-30H2,1-2H3,(H,39,42)/b27-25+/t31-,32+,33+,35-,36?,37?,38+/m0/s1. The van der Waals surface area contributed by atoms with Crippen LogP contribution in [0.5, 0.6) is 0 Å². The molecule has 278 valence electrons. The molecule has 6 N–H and O–H groups in total. The summed E-state index contributed by atoms with van der Waals surface area (Å²) in [6, 6.07) is -0.795. The van der Waals surface area contributed by atoms with Gasteiger partial charge in [0.25, 0.3) is 0 Å². The molecule has 1 aliphatic rings. The van der Waals surface area contributed by atoms with E-state index in [9.17, 15) is 30.3 Å². The maximum absolute atomic E-state index is 12.8. The van der Waals surface area contributed by atoms with Crippen molar-refractivity contribution in [3.8, 4) is 0 Å². The quantitative estimate of drug-likeness (QED) is 0.0357. The lowest BCUT2D eigenvalue weighted by Crippen LogP contribution is -2.60. The molecule has 0 radical (unpaired) electrons. The minimum Gasteiger partial charge on any atom is -0.394 e. The molecule has 9 heteroatoms. The van der Waals surface area contributed by atoms with Gasteiger partial charge in [-0.3, -0.25) is 4.79 Å². The molecule has 0 aliphatic carbocycles. The van der Waals surface area contributed by atoms with Crippen LogP contribution in [0.15, 0.2) is 12.2 Å². The van der Waals surface area contributed by atoms with E-state index in [1.165, 1.54) is 109 Å². The van der Waals surface area contributed by atoms with Crippen molar-refractivity contribution >= 4 is 5.91 Å². The first-order valence-electron chi connectivity index (χ1n) is 19.4. The lowest BCUT2D eigenvalue weighted by molar-refractivity contribution is -0.302. The van der Waals surface area contributed by atoms with Gasteiger partial charge in [-0.05, 0) is 19.3 Å². The molecular weight excluding hydrogens is 598 g/mol. The predicted molar refractivity (Wildman–Crippen MR) is 189 cm³/mol. The zero-order valence-corrected chi connectivity index (χ0v) is 30.0. The smallest absolute Gasteiger partial charge is 0.220 e. The van der Waals surface area contributed by atoms with E-state index in [-0.39, 0.29) is 12.5 Å². The van der Waals surface area contributed by atoms with E-state index in [1.54, 1.807) is 6.08 Å². The molecule has 0 aromatic carbocycles. The fourth-order valence-corrected chi connectivity index (χ4v) is 6.15. The van der Waals surface area contributed by atoms with Gasteiger partial charge in [0, 0.05) is 6.42 Å². The lowest BCUT2D eigenvalue weighted by Gasteiger charge is -2.40. The zero-order chi connectivity index (χ0) is 34.5. The van der Waals surface area contributed by atoms with Crippen LogP contribution in [-0.4, -0.2) is 87.5 Å². The van der Waals surface area contributed by atoms with Gasteiger partial charge >= 0.3 is 0 Å². The van der Waals surface area contributed by atoms with E-state index in [2.05, 4.69) is 19.2 Å². The summed E-state index contributed by atoms with van der Waals surface area (Å²) in [5.74, 6) is -0.183. The first-order chi connectivity index (χ1) is 22.8. The highest BCUT2D eigenvalue weighted by molar-refractivity contribution is 5.76. The molecule has 1 heterocycles. The minimum atomic E-state index is -1.56. The number of amides is 1. The maximum Gasteiger partial charge on any atom is 0.220 e. The third-order valence-electron chi connectivity index (χ3n) is 9.36. The monoisotopic (exact) mass is 672 g/mol. The van der Waals surface area contributed by atoms with Crippen LogP contribution in [0.1, 0.15) is 168 Å². The summed E-state index contributed by atoms with van der Waals surface area (Å²) in [6.45, 7) is 3.72. The Labute approximate surface area is 286 Å². The van der Waals surface area contributed by atoms with Crippen molar-refractivity contribution in [2.45, 2.75) is 211 Å². The molecule has 1 saturated heterocycles. The zero-order valence-electron chi connectivity index (χ0n) is 30.0. The van der Waals surface area contributed by atoms with E-state index in [1.807, 2.05) is 6.08 Å². The Kier molecular flexibility index (Phi) is 27.9. The van der Waals surface area contributed by atoms with Crippen molar-refractivity contribution in [3.63, 3.8) is 0 Å². The minimum absolute atomic E-state index is 0.183. The van der Waals surface area contributed by atoms with Gasteiger partial charge in [-0.25, -0.2) is 0 Å². The topological polar surface area (TPSA) is 149 Å². The SMILES string of the molecule is CCCCCCCCCCCCCCCC/C=C/[C@@H](O)[C@H](CO[C@@H]1O[C@H](CO)[C@H](O)C(O)C1O)NC(=O)CCCCCCCCCC. The second-order valence-electron chi connectivity index (χ2n) is 13.7. The number of aliphatic hydroxyl groups is 5. The fourth-order valence-electron chi connectivity index (χ4n) is 6.15. The van der Waals surface area contributed by atoms with Crippen molar-refractivity contribution < 1.29 is 39.8 Å². The summed E-state index contributed by atoms with van der Waals surface area (Å²) in [5, 5.41) is 53.8. The summed E-state index contributed by atoms with van der Waals surface area (Å²) in [7, 11) is 0. The highest BCUT2D eigenvalue weighted by Crippen LogP contribution is 2.22. The first-order valence-corrected chi connectivity index (χ1v) is 19.4. The Morgan fingerprint density at radius 2 is 1.17 bits per heavy atom. The van der Waals surface area contributed by atoms with Crippen LogP contribution in [0.3, 0.4) is 0 Å². The molecule has 2 unspecified atom stereocenters. The molecule has 1 amide bonds. The molecule has 7 atom stereocenters. The second kappa shape index (κ2) is 29.8. The molecule has 0 saturated carbocycles. The van der Waals surface area contributed by atoms with Gasteiger partial charge < -0.3 is 40.3 Å². The number of rotatable bonds is 31. The number of carbonyl (C=O) groups is 1. The van der Waals surface area contributed by atoms with Gasteiger partial charge in [0.2, 0.25) is 5.91 Å². The number of ether oxygens (including phenoxy) is 2. The second-order valence-corrected chi connectivity index (χ2v) is 13.7. The van der Waals surface area contributed by atoms with Crippen LogP contribution in [-0.2, 0) is 14.3 Å². The number of unbranched alkanes of at least 4 members (excludes halogenated alkanes) is 21. The number of hydrogen-bond acceptors (Lipinski definition) is 8. The van der Waals surface area contributed by atoms with Gasteiger partial charge in [0.05, 0.1) is 25.4 Å². The Morgan fingerprint density at radius 1 is 0.702 bits per heavy atom. The third kappa shape index (κ3) is 21.6. The molecule has 47 heavy (non-hydrogen) atoms. The van der Waals surface area contributed by atoms with Gasteiger partial charge in [0.15, 0.2) is 6.29 Å². The van der Waals surface area contributed by atoms with Crippen LogP contribution in [0.4, 0.5) is 0 Å². The van der Waals surface area contributed by atoms with Crippen LogP contribution in [0.25, 0.3) is 0 Å². The normalized spacial score (nSPS) is 22.9. The molecule has 0 aromatic rings. The molecule has 9 nitrogen and oxygen atoms in total. The van der Waals surface area contributed by atoms with Crippen LogP contribution >= 0.6 is 0 Å². The number of nitrogens with one attached hydrogen (secondary N) is 1. The Morgan fingerprint density at radius 3 is 1.66 bits per heavy atom. The summed E-state index contributed by atoms with van der Waals surface area (Å²) >= 11 is 0. The van der Waals surface area contributed by atoms with Crippen LogP contribution < -0.4 is 5.32 Å². The lowest BCUT2D eigenvalue weighted by atomic mass is 9.99. The van der Waals surface area contributed by atoms with Gasteiger partial charge in [-0.15, -0.1) is 0 Å². The van der Waals surface area contributed by atoms with E-state index < -0.39 is 49.5 Å². The molecule has 0 aromatic heterocycles. The highest BCUT2D eigenvalue weighted by atomic mass is 16.7. The average Bonchev–Trinajstić information content (AvgIpc) is 3.07. The van der Waals surface area contributed by atoms with E-state index >= 15 is 0 Å². The number of allylic oxidation sites excluding steroid dienone is 1. The molecule has 1 rings (SSSR count). The number of carbonyl (C=O) groups excluding carboxylic acids is 1. The summed E-state index contributed by atoms with van der Waals surface area (Å²) in [5.41, 5.74) is 0. The van der Waals surface area contributed by atoms with Crippen molar-refractivity contribution in [1.82, 2.24) is 5.32 Å². The fraction of sp³-hybridized carbons (Fsp3) is 0.921. The molecular formula is C38H73NO8. The summed E-state index contributed by atoms with van der Waals surface area (Å²) < 4.78 is 11.1. The summed E-state index contributed by atoms with van der Waals surface area (Å²) in [4.78, 5) is 12.8. The molecule has 0 spiro atoms. The van der Waals surface area contributed by atoms with Crippen molar-refractivity contribution in [1.29, 1.82) is 0 Å². The third-order valence-corrected chi connectivity index (χ3v) is 9.36. The van der Waals surface area contributed by atoms with Crippen molar-refractivity contribution in [3.05, 3.63) is 12.2 Å². The number of aliphatic hydroxyl groups excluding tert-OH is 5. The van der Waals surface area contributed by atoms with Gasteiger partial charge in [0.1, 0.15) is 24.4 Å². The maximum atomic E-state index is 12.8. The molecule has 1 aliphatic heterocycles. The number of hydrogen-bond donors (Lipinski definition) is 6. The van der Waals surface area contributed by atoms with E-state index in [0.29, 0.717) is 6.42 Å². The highest BCUT2D eigenvalue weighted by Gasteiger charge is 2.44. The van der Waals surface area contributed by atoms with Gasteiger partial charge in [-0.1, -0.05) is 154 Å².